The first-order valence-electron chi connectivity index (χ1n) is 4.26. The van der Waals surface area contributed by atoms with Gasteiger partial charge in [-0.05, 0) is 30.7 Å². The van der Waals surface area contributed by atoms with Crippen LogP contribution in [0.4, 0.5) is 5.69 Å². The Hall–Kier alpha value is -0.210. The summed E-state index contributed by atoms with van der Waals surface area (Å²) < 4.78 is 0.786. The minimum absolute atomic E-state index is 0.609. The molecule has 1 aliphatic carbocycles. The zero-order valence-corrected chi connectivity index (χ0v) is 8.63. The molecule has 0 fully saturated rings. The highest BCUT2D eigenvalue weighted by molar-refractivity contribution is 7.17. The quantitative estimate of drug-likeness (QED) is 0.684. The van der Waals surface area contributed by atoms with Crippen molar-refractivity contribution in [2.75, 3.05) is 5.73 Å². The van der Waals surface area contributed by atoms with Crippen LogP contribution in [0.3, 0.4) is 0 Å². The van der Waals surface area contributed by atoms with E-state index in [4.69, 9.17) is 17.3 Å². The average molecular weight is 202 g/mol. The lowest BCUT2D eigenvalue weighted by Crippen LogP contribution is -2.05. The number of aryl methyl sites for hydroxylation is 1. The largest absolute Gasteiger partial charge is 0.397 e. The van der Waals surface area contributed by atoms with Gasteiger partial charge in [0.15, 0.2) is 0 Å². The molecule has 1 aromatic rings. The summed E-state index contributed by atoms with van der Waals surface area (Å²) in [6.07, 6.45) is 3.70. The molecule has 1 aliphatic rings. The van der Waals surface area contributed by atoms with Gasteiger partial charge in [0.25, 0.3) is 0 Å². The molecule has 0 saturated heterocycles. The molecule has 0 radical (unpaired) electrons. The highest BCUT2D eigenvalue weighted by Crippen LogP contribution is 2.44. The van der Waals surface area contributed by atoms with Crippen molar-refractivity contribution in [2.45, 2.75) is 32.1 Å². The summed E-state index contributed by atoms with van der Waals surface area (Å²) in [5, 5.41) is 0. The third-order valence-electron chi connectivity index (χ3n) is 2.55. The fourth-order valence-electron chi connectivity index (χ4n) is 1.91. The van der Waals surface area contributed by atoms with Gasteiger partial charge in [-0.15, -0.1) is 11.3 Å². The highest BCUT2D eigenvalue weighted by Gasteiger charge is 2.23. The Morgan fingerprint density at radius 3 is 3.00 bits per heavy atom. The minimum Gasteiger partial charge on any atom is -0.397 e. The van der Waals surface area contributed by atoms with E-state index < -0.39 is 0 Å². The molecule has 2 rings (SSSR count). The van der Waals surface area contributed by atoms with E-state index in [-0.39, 0.29) is 0 Å². The van der Waals surface area contributed by atoms with Crippen molar-refractivity contribution in [3.63, 3.8) is 0 Å². The van der Waals surface area contributed by atoms with Gasteiger partial charge in [0.1, 0.15) is 4.34 Å². The van der Waals surface area contributed by atoms with Gasteiger partial charge in [0.05, 0.1) is 5.69 Å². The molecule has 3 heteroatoms. The van der Waals surface area contributed by atoms with Crippen molar-refractivity contribution in [3.8, 4) is 0 Å². The van der Waals surface area contributed by atoms with Gasteiger partial charge in [-0.3, -0.25) is 0 Å². The van der Waals surface area contributed by atoms with Crippen LogP contribution in [0.25, 0.3) is 0 Å². The second kappa shape index (κ2) is 2.93. The van der Waals surface area contributed by atoms with E-state index in [9.17, 15) is 0 Å². The number of hydrogen-bond donors (Lipinski definition) is 1. The molecule has 1 heterocycles. The maximum atomic E-state index is 5.98. The molecule has 0 spiro atoms. The summed E-state index contributed by atoms with van der Waals surface area (Å²) in [5.74, 6) is 0.609. The lowest BCUT2D eigenvalue weighted by molar-refractivity contribution is 0.600. The summed E-state index contributed by atoms with van der Waals surface area (Å²) in [5.41, 5.74) is 8.06. The molecule has 2 N–H and O–H groups in total. The predicted molar refractivity (Wildman–Crippen MR) is 55.1 cm³/mol. The summed E-state index contributed by atoms with van der Waals surface area (Å²) in [7, 11) is 0. The Morgan fingerprint density at radius 1 is 1.58 bits per heavy atom. The molecule has 66 valence electrons. The van der Waals surface area contributed by atoms with Crippen molar-refractivity contribution in [2.24, 2.45) is 0 Å². The number of rotatable bonds is 0. The maximum Gasteiger partial charge on any atom is 0.116 e. The summed E-state index contributed by atoms with van der Waals surface area (Å²) >= 11 is 7.64. The SMILES string of the molecule is CC1CCCc2sc(Cl)c(N)c21. The Morgan fingerprint density at radius 2 is 2.33 bits per heavy atom. The van der Waals surface area contributed by atoms with Gasteiger partial charge in [-0.25, -0.2) is 0 Å². The number of hydrogen-bond acceptors (Lipinski definition) is 2. The van der Waals surface area contributed by atoms with Crippen molar-refractivity contribution in [1.82, 2.24) is 0 Å². The Bertz CT molecular complexity index is 306. The summed E-state index contributed by atoms with van der Waals surface area (Å²) in [4.78, 5) is 1.41. The maximum absolute atomic E-state index is 5.98. The van der Waals surface area contributed by atoms with Crippen LogP contribution in [0.2, 0.25) is 4.34 Å². The van der Waals surface area contributed by atoms with E-state index in [1.54, 1.807) is 11.3 Å². The molecular weight excluding hydrogens is 190 g/mol. The second-order valence-corrected chi connectivity index (χ2v) is 5.13. The lowest BCUT2D eigenvalue weighted by atomic mass is 9.88. The van der Waals surface area contributed by atoms with Gasteiger partial charge in [-0.1, -0.05) is 18.5 Å². The zero-order chi connectivity index (χ0) is 8.72. The molecule has 1 aromatic heterocycles. The minimum atomic E-state index is 0.609. The van der Waals surface area contributed by atoms with Crippen molar-refractivity contribution in [1.29, 1.82) is 0 Å². The molecule has 0 bridgehead atoms. The molecule has 1 unspecified atom stereocenters. The van der Waals surface area contributed by atoms with E-state index >= 15 is 0 Å². The van der Waals surface area contributed by atoms with Crippen LogP contribution in [-0.4, -0.2) is 0 Å². The Balaban J connectivity index is 2.54. The molecular formula is C9H12ClNS. The second-order valence-electron chi connectivity index (χ2n) is 3.42. The van der Waals surface area contributed by atoms with Gasteiger partial charge >= 0.3 is 0 Å². The molecule has 0 saturated carbocycles. The lowest BCUT2D eigenvalue weighted by Gasteiger charge is -2.18. The standard InChI is InChI=1S/C9H12ClNS/c1-5-3-2-4-6-7(5)8(11)9(10)12-6/h5H,2-4,11H2,1H3. The first-order valence-corrected chi connectivity index (χ1v) is 5.46. The number of thiophene rings is 1. The third kappa shape index (κ3) is 1.14. The van der Waals surface area contributed by atoms with Crippen LogP contribution < -0.4 is 5.73 Å². The van der Waals surface area contributed by atoms with Gasteiger partial charge in [0, 0.05) is 4.88 Å². The van der Waals surface area contributed by atoms with Crippen molar-refractivity contribution >= 4 is 28.6 Å². The highest BCUT2D eigenvalue weighted by atomic mass is 35.5. The molecule has 0 aliphatic heterocycles. The van der Waals surface area contributed by atoms with Gasteiger partial charge < -0.3 is 5.73 Å². The molecule has 1 nitrogen and oxygen atoms in total. The predicted octanol–water partition coefficient (Wildman–Crippen LogP) is 3.42. The monoisotopic (exact) mass is 201 g/mol. The van der Waals surface area contributed by atoms with Crippen molar-refractivity contribution < 1.29 is 0 Å². The average Bonchev–Trinajstić information content (AvgIpc) is 2.29. The topological polar surface area (TPSA) is 26.0 Å². The van der Waals surface area contributed by atoms with Crippen LogP contribution in [0.15, 0.2) is 0 Å². The number of nitrogen functional groups attached to an aromatic ring is 1. The van der Waals surface area contributed by atoms with Crippen LogP contribution >= 0.6 is 22.9 Å². The summed E-state index contributed by atoms with van der Waals surface area (Å²) in [6, 6.07) is 0. The van der Waals surface area contributed by atoms with Crippen LogP contribution in [-0.2, 0) is 6.42 Å². The van der Waals surface area contributed by atoms with Crippen molar-refractivity contribution in [3.05, 3.63) is 14.8 Å². The van der Waals surface area contributed by atoms with Crippen LogP contribution in [0, 0.1) is 0 Å². The Kier molecular flexibility index (Phi) is 2.05. The van der Waals surface area contributed by atoms with Crippen LogP contribution in [0.1, 0.15) is 36.1 Å². The molecule has 1 atom stereocenters. The van der Waals surface area contributed by atoms with E-state index in [0.29, 0.717) is 5.92 Å². The zero-order valence-electron chi connectivity index (χ0n) is 7.06. The molecule has 0 amide bonds. The molecule has 0 aromatic carbocycles. The smallest absolute Gasteiger partial charge is 0.116 e. The normalized spacial score (nSPS) is 22.3. The number of anilines is 1. The van der Waals surface area contributed by atoms with E-state index in [1.807, 2.05) is 0 Å². The van der Waals surface area contributed by atoms with E-state index in [1.165, 1.54) is 29.7 Å². The first-order chi connectivity index (χ1) is 5.70. The first kappa shape index (κ1) is 8.39. The van der Waals surface area contributed by atoms with Gasteiger partial charge in [0.2, 0.25) is 0 Å². The number of fused-ring (bicyclic) bond motifs is 1. The Labute approximate surface area is 81.5 Å². The molecule has 12 heavy (non-hydrogen) atoms. The fraction of sp³-hybridized carbons (Fsp3) is 0.556. The van der Waals surface area contributed by atoms with E-state index in [2.05, 4.69) is 6.92 Å². The summed E-state index contributed by atoms with van der Waals surface area (Å²) in [6.45, 7) is 2.23. The number of halogens is 1. The van der Waals surface area contributed by atoms with Gasteiger partial charge in [-0.2, -0.15) is 0 Å². The third-order valence-corrected chi connectivity index (χ3v) is 4.05. The van der Waals surface area contributed by atoms with Crippen LogP contribution in [0.5, 0.6) is 0 Å². The number of nitrogens with two attached hydrogens (primary N) is 1. The van der Waals surface area contributed by atoms with E-state index in [0.717, 1.165) is 10.0 Å². The fourth-order valence-corrected chi connectivity index (χ4v) is 3.40.